The molecule has 8 heteroatoms. The monoisotopic (exact) mass is 458 g/mol. The maximum atomic E-state index is 13.3. The second kappa shape index (κ2) is 9.60. The second-order valence-electron chi connectivity index (χ2n) is 8.44. The fourth-order valence-electron chi connectivity index (χ4n) is 4.48. The van der Waals surface area contributed by atoms with E-state index in [1.807, 2.05) is 42.2 Å². The molecule has 0 bridgehead atoms. The van der Waals surface area contributed by atoms with Crippen molar-refractivity contribution >= 4 is 15.9 Å². The third-order valence-corrected chi connectivity index (χ3v) is 8.16. The first-order chi connectivity index (χ1) is 15.4. The first kappa shape index (κ1) is 22.8. The molecule has 0 aromatic heterocycles. The van der Waals surface area contributed by atoms with Crippen LogP contribution in [0.4, 0.5) is 0 Å². The van der Waals surface area contributed by atoms with Crippen LogP contribution < -0.4 is 4.74 Å². The highest BCUT2D eigenvalue weighted by molar-refractivity contribution is 7.89. The van der Waals surface area contributed by atoms with Gasteiger partial charge in [-0.1, -0.05) is 30.3 Å². The minimum Gasteiger partial charge on any atom is -0.497 e. The summed E-state index contributed by atoms with van der Waals surface area (Å²) >= 11 is 0. The van der Waals surface area contributed by atoms with Crippen molar-refractivity contribution in [2.24, 2.45) is 5.92 Å². The molecule has 0 radical (unpaired) electrons. The first-order valence-corrected chi connectivity index (χ1v) is 12.5. The van der Waals surface area contributed by atoms with Crippen LogP contribution in [0.15, 0.2) is 59.5 Å². The summed E-state index contributed by atoms with van der Waals surface area (Å²) in [6.45, 7) is 3.75. The zero-order valence-electron chi connectivity index (χ0n) is 18.5. The Morgan fingerprint density at radius 2 is 1.66 bits per heavy atom. The molecule has 2 aliphatic heterocycles. The molecule has 2 aliphatic rings. The Hall–Kier alpha value is -2.42. The quantitative estimate of drug-likeness (QED) is 0.688. The van der Waals surface area contributed by atoms with E-state index < -0.39 is 10.0 Å². The molecule has 2 aromatic carbocycles. The molecular formula is C24H30N2O5S. The van der Waals surface area contributed by atoms with Crippen molar-refractivity contribution in [1.29, 1.82) is 0 Å². The average Bonchev–Trinajstić information content (AvgIpc) is 2.84. The van der Waals surface area contributed by atoms with Crippen molar-refractivity contribution in [2.45, 2.75) is 36.9 Å². The van der Waals surface area contributed by atoms with Gasteiger partial charge in [-0.25, -0.2) is 8.42 Å². The van der Waals surface area contributed by atoms with E-state index >= 15 is 0 Å². The number of hydrogen-bond donors (Lipinski definition) is 0. The number of sulfonamides is 1. The van der Waals surface area contributed by atoms with Gasteiger partial charge in [-0.2, -0.15) is 4.31 Å². The molecule has 172 valence electrons. The summed E-state index contributed by atoms with van der Waals surface area (Å²) in [6.07, 6.45) is 0.860. The zero-order chi connectivity index (χ0) is 22.7. The topological polar surface area (TPSA) is 76.2 Å². The van der Waals surface area contributed by atoms with Crippen LogP contribution in [0.3, 0.4) is 0 Å². The fraction of sp³-hybridized carbons (Fsp3) is 0.458. The molecule has 2 unspecified atom stereocenters. The highest BCUT2D eigenvalue weighted by atomic mass is 32.2. The minimum atomic E-state index is -3.58. The normalized spacial score (nSPS) is 23.1. The van der Waals surface area contributed by atoms with E-state index in [1.165, 1.54) is 4.31 Å². The van der Waals surface area contributed by atoms with E-state index in [2.05, 4.69) is 0 Å². The number of hydrogen-bond acceptors (Lipinski definition) is 5. The molecule has 2 heterocycles. The Morgan fingerprint density at radius 1 is 1.00 bits per heavy atom. The Bertz CT molecular complexity index is 1020. The van der Waals surface area contributed by atoms with Crippen molar-refractivity contribution in [3.05, 3.63) is 60.2 Å². The third kappa shape index (κ3) is 4.82. The van der Waals surface area contributed by atoms with E-state index in [4.69, 9.17) is 9.47 Å². The number of methoxy groups -OCH3 is 1. The number of morpholine rings is 1. The minimum absolute atomic E-state index is 0.0477. The summed E-state index contributed by atoms with van der Waals surface area (Å²) in [5, 5.41) is 0. The summed E-state index contributed by atoms with van der Waals surface area (Å²) in [6, 6.07) is 16.4. The number of benzene rings is 2. The Kier molecular flexibility index (Phi) is 6.83. The number of piperidine rings is 1. The number of amides is 1. The molecule has 32 heavy (non-hydrogen) atoms. The highest BCUT2D eigenvalue weighted by Gasteiger charge is 2.36. The van der Waals surface area contributed by atoms with Crippen LogP contribution >= 0.6 is 0 Å². The lowest BCUT2D eigenvalue weighted by molar-refractivity contribution is -0.150. The lowest BCUT2D eigenvalue weighted by Gasteiger charge is -2.40. The SMILES string of the molecule is COc1ccc(S(=O)(=O)N2CCC(C(=O)N3CC(C)OC(c4ccccc4)C3)CC2)cc1. The molecule has 2 atom stereocenters. The van der Waals surface area contributed by atoms with Crippen molar-refractivity contribution in [1.82, 2.24) is 9.21 Å². The first-order valence-electron chi connectivity index (χ1n) is 11.0. The van der Waals surface area contributed by atoms with Gasteiger partial charge < -0.3 is 14.4 Å². The summed E-state index contributed by atoms with van der Waals surface area (Å²) < 4.78 is 38.6. The molecule has 1 amide bonds. The van der Waals surface area contributed by atoms with Gasteiger partial charge in [0.25, 0.3) is 0 Å². The van der Waals surface area contributed by atoms with E-state index in [9.17, 15) is 13.2 Å². The Labute approximate surface area is 190 Å². The molecule has 2 saturated heterocycles. The molecule has 0 spiro atoms. The average molecular weight is 459 g/mol. The van der Waals surface area contributed by atoms with Crippen molar-refractivity contribution in [2.75, 3.05) is 33.3 Å². The zero-order valence-corrected chi connectivity index (χ0v) is 19.3. The van der Waals surface area contributed by atoms with Crippen molar-refractivity contribution in [3.8, 4) is 5.75 Å². The Balaban J connectivity index is 1.38. The van der Waals surface area contributed by atoms with Crippen LogP contribution in [0, 0.1) is 5.92 Å². The number of carbonyl (C=O) groups excluding carboxylic acids is 1. The molecule has 2 fully saturated rings. The van der Waals surface area contributed by atoms with Crippen LogP contribution in [0.2, 0.25) is 0 Å². The Morgan fingerprint density at radius 3 is 2.28 bits per heavy atom. The molecule has 0 N–H and O–H groups in total. The van der Waals surface area contributed by atoms with Gasteiger partial charge in [-0.3, -0.25) is 4.79 Å². The molecular weight excluding hydrogens is 428 g/mol. The van der Waals surface area contributed by atoms with Crippen LogP contribution in [-0.2, 0) is 19.6 Å². The summed E-state index contributed by atoms with van der Waals surface area (Å²) in [5.41, 5.74) is 1.07. The van der Waals surface area contributed by atoms with Crippen LogP contribution in [0.25, 0.3) is 0 Å². The van der Waals surface area contributed by atoms with Gasteiger partial charge >= 0.3 is 0 Å². The van der Waals surface area contributed by atoms with Crippen LogP contribution in [0.1, 0.15) is 31.4 Å². The highest BCUT2D eigenvalue weighted by Crippen LogP contribution is 2.30. The molecule has 0 aliphatic carbocycles. The van der Waals surface area contributed by atoms with Gasteiger partial charge in [0, 0.05) is 25.6 Å². The lowest BCUT2D eigenvalue weighted by atomic mass is 9.95. The number of nitrogens with zero attached hydrogens (tertiary/aromatic N) is 2. The number of carbonyl (C=O) groups is 1. The largest absolute Gasteiger partial charge is 0.497 e. The van der Waals surface area contributed by atoms with Crippen LogP contribution in [0.5, 0.6) is 5.75 Å². The standard InChI is InChI=1S/C24H30N2O5S/c1-18-16-25(17-23(31-18)19-6-4-3-5-7-19)24(27)20-12-14-26(15-13-20)32(28,29)22-10-8-21(30-2)9-11-22/h3-11,18,20,23H,12-17H2,1-2H3. The van der Waals surface area contributed by atoms with E-state index in [1.54, 1.807) is 31.4 Å². The van der Waals surface area contributed by atoms with Gasteiger partial charge in [0.05, 0.1) is 24.7 Å². The molecule has 7 nitrogen and oxygen atoms in total. The maximum Gasteiger partial charge on any atom is 0.243 e. The van der Waals surface area contributed by atoms with Crippen molar-refractivity contribution < 1.29 is 22.7 Å². The van der Waals surface area contributed by atoms with Gasteiger partial charge in [0.2, 0.25) is 15.9 Å². The molecule has 0 saturated carbocycles. The fourth-order valence-corrected chi connectivity index (χ4v) is 5.95. The predicted octanol–water partition coefficient (Wildman–Crippen LogP) is 3.08. The van der Waals surface area contributed by atoms with E-state index in [-0.39, 0.29) is 28.9 Å². The van der Waals surface area contributed by atoms with Gasteiger partial charge in [0.15, 0.2) is 0 Å². The predicted molar refractivity (Wildman–Crippen MR) is 121 cm³/mol. The number of rotatable bonds is 5. The van der Waals surface area contributed by atoms with Gasteiger partial charge in [0.1, 0.15) is 11.9 Å². The molecule has 2 aromatic rings. The number of ether oxygens (including phenoxy) is 2. The smallest absolute Gasteiger partial charge is 0.243 e. The summed E-state index contributed by atoms with van der Waals surface area (Å²) in [5.74, 6) is 0.545. The lowest BCUT2D eigenvalue weighted by Crippen LogP contribution is -2.50. The third-order valence-electron chi connectivity index (χ3n) is 6.24. The molecule has 4 rings (SSSR count). The van der Waals surface area contributed by atoms with Gasteiger partial charge in [-0.15, -0.1) is 0 Å². The summed E-state index contributed by atoms with van der Waals surface area (Å²) in [4.78, 5) is 15.4. The summed E-state index contributed by atoms with van der Waals surface area (Å²) in [7, 11) is -2.04. The van der Waals surface area contributed by atoms with E-state index in [0.717, 1.165) is 5.56 Å². The second-order valence-corrected chi connectivity index (χ2v) is 10.4. The maximum absolute atomic E-state index is 13.3. The van der Waals surface area contributed by atoms with E-state index in [0.29, 0.717) is 44.8 Å². The van der Waals surface area contributed by atoms with Gasteiger partial charge in [-0.05, 0) is 49.6 Å². The van der Waals surface area contributed by atoms with Crippen LogP contribution in [-0.4, -0.2) is 62.9 Å². The van der Waals surface area contributed by atoms with Crippen molar-refractivity contribution in [3.63, 3.8) is 0 Å².